The van der Waals surface area contributed by atoms with Gasteiger partial charge in [0.05, 0.1) is 5.66 Å². The van der Waals surface area contributed by atoms with Crippen molar-refractivity contribution in [2.24, 2.45) is 0 Å². The van der Waals surface area contributed by atoms with Gasteiger partial charge in [-0.2, -0.15) is 0 Å². The molecule has 1 unspecified atom stereocenters. The van der Waals surface area contributed by atoms with Gasteiger partial charge in [-0.15, -0.1) is 0 Å². The van der Waals surface area contributed by atoms with Gasteiger partial charge in [0, 0.05) is 13.5 Å². The van der Waals surface area contributed by atoms with Gasteiger partial charge in [0.2, 0.25) is 5.91 Å². The highest BCUT2D eigenvalue weighted by Crippen LogP contribution is 2.55. The standard InChI is InChI=1S/C22H24NO5P/c1-23(28-16-17-8-3-2-4-9-17)22(24)15-14-21(29(25,26)27)20-13-7-11-18-10-5-6-12-19(18)20/h2-13,21H,14-16H2,1H3,(H2,25,26,27). The Hall–Kier alpha value is -2.50. The van der Waals surface area contributed by atoms with E-state index in [0.717, 1.165) is 21.4 Å². The van der Waals surface area contributed by atoms with Gasteiger partial charge in [-0.3, -0.25) is 14.2 Å². The molecule has 0 saturated heterocycles. The molecule has 0 spiro atoms. The Morgan fingerprint density at radius 1 is 1.00 bits per heavy atom. The molecule has 0 aromatic heterocycles. The summed E-state index contributed by atoms with van der Waals surface area (Å²) in [6.07, 6.45) is -0.0134. The normalized spacial score (nSPS) is 12.7. The number of hydrogen-bond donors (Lipinski definition) is 2. The van der Waals surface area contributed by atoms with E-state index in [1.165, 1.54) is 7.05 Å². The smallest absolute Gasteiger partial charge is 0.324 e. The Morgan fingerprint density at radius 3 is 2.38 bits per heavy atom. The molecule has 3 aromatic rings. The maximum atomic E-state index is 12.4. The molecule has 3 rings (SSSR count). The van der Waals surface area contributed by atoms with E-state index in [1.807, 2.05) is 60.7 Å². The average Bonchev–Trinajstić information content (AvgIpc) is 2.72. The third kappa shape index (κ3) is 5.52. The zero-order valence-corrected chi connectivity index (χ0v) is 17.0. The molecule has 1 atom stereocenters. The van der Waals surface area contributed by atoms with Crippen molar-refractivity contribution in [2.45, 2.75) is 25.1 Å². The van der Waals surface area contributed by atoms with Crippen LogP contribution in [0.3, 0.4) is 0 Å². The first-order valence-electron chi connectivity index (χ1n) is 9.32. The molecule has 29 heavy (non-hydrogen) atoms. The van der Waals surface area contributed by atoms with Gasteiger partial charge < -0.3 is 9.79 Å². The summed E-state index contributed by atoms with van der Waals surface area (Å²) in [5.41, 5.74) is 0.424. The molecule has 152 valence electrons. The SMILES string of the molecule is CN(OCc1ccccc1)C(=O)CCC(c1cccc2ccccc12)P(=O)(O)O. The van der Waals surface area contributed by atoms with E-state index >= 15 is 0 Å². The summed E-state index contributed by atoms with van der Waals surface area (Å²) < 4.78 is 12.2. The molecule has 2 N–H and O–H groups in total. The number of carbonyl (C=O) groups is 1. The van der Waals surface area contributed by atoms with Crippen LogP contribution < -0.4 is 0 Å². The Labute approximate surface area is 169 Å². The van der Waals surface area contributed by atoms with Crippen molar-refractivity contribution < 1.29 is 24.0 Å². The number of benzene rings is 3. The van der Waals surface area contributed by atoms with Crippen LogP contribution in [-0.4, -0.2) is 27.8 Å². The lowest BCUT2D eigenvalue weighted by molar-refractivity contribution is -0.182. The zero-order valence-electron chi connectivity index (χ0n) is 16.1. The minimum Gasteiger partial charge on any atom is -0.324 e. The molecule has 7 heteroatoms. The number of rotatable bonds is 8. The molecule has 0 aliphatic carbocycles. The predicted octanol–water partition coefficient (Wildman–Crippen LogP) is 4.43. The van der Waals surface area contributed by atoms with Gasteiger partial charge in [-0.05, 0) is 28.3 Å². The van der Waals surface area contributed by atoms with Gasteiger partial charge in [0.25, 0.3) is 0 Å². The lowest BCUT2D eigenvalue weighted by Crippen LogP contribution is -2.27. The Kier molecular flexibility index (Phi) is 6.83. The van der Waals surface area contributed by atoms with Crippen molar-refractivity contribution in [1.82, 2.24) is 5.06 Å². The Bertz CT molecular complexity index is 1010. The fourth-order valence-electron chi connectivity index (χ4n) is 3.28. The van der Waals surface area contributed by atoms with Crippen molar-refractivity contribution in [3.8, 4) is 0 Å². The Morgan fingerprint density at radius 2 is 1.66 bits per heavy atom. The van der Waals surface area contributed by atoms with Crippen molar-refractivity contribution in [3.63, 3.8) is 0 Å². The number of carbonyl (C=O) groups excluding carboxylic acids is 1. The second-order valence-corrected chi connectivity index (χ2v) is 8.66. The minimum atomic E-state index is -4.46. The largest absolute Gasteiger partial charge is 0.332 e. The Balaban J connectivity index is 1.69. The summed E-state index contributed by atoms with van der Waals surface area (Å²) in [6, 6.07) is 22.3. The van der Waals surface area contributed by atoms with Gasteiger partial charge in [-0.1, -0.05) is 72.8 Å². The summed E-state index contributed by atoms with van der Waals surface area (Å²) in [7, 11) is -2.95. The highest BCUT2D eigenvalue weighted by atomic mass is 31.2. The highest BCUT2D eigenvalue weighted by molar-refractivity contribution is 7.52. The maximum absolute atomic E-state index is 12.4. The summed E-state index contributed by atoms with van der Waals surface area (Å²) in [5.74, 6) is -0.334. The first-order chi connectivity index (χ1) is 13.9. The van der Waals surface area contributed by atoms with Gasteiger partial charge >= 0.3 is 7.60 Å². The van der Waals surface area contributed by atoms with E-state index in [0.29, 0.717) is 5.56 Å². The van der Waals surface area contributed by atoms with Gasteiger partial charge in [0.15, 0.2) is 0 Å². The van der Waals surface area contributed by atoms with Crippen molar-refractivity contribution in [1.29, 1.82) is 0 Å². The number of amides is 1. The third-order valence-corrected chi connectivity index (χ3v) is 6.19. The molecule has 0 saturated carbocycles. The quantitative estimate of drug-likeness (QED) is 0.421. The molecular weight excluding hydrogens is 389 g/mol. The van der Waals surface area contributed by atoms with Crippen LogP contribution >= 0.6 is 7.60 Å². The van der Waals surface area contributed by atoms with Crippen LogP contribution in [0.25, 0.3) is 10.8 Å². The number of hydroxylamine groups is 2. The first-order valence-corrected chi connectivity index (χ1v) is 11.0. The van der Waals surface area contributed by atoms with E-state index in [2.05, 4.69) is 0 Å². The summed E-state index contributed by atoms with van der Waals surface area (Å²) >= 11 is 0. The van der Waals surface area contributed by atoms with Crippen LogP contribution in [0.2, 0.25) is 0 Å². The van der Waals surface area contributed by atoms with Crippen molar-refractivity contribution in [2.75, 3.05) is 7.05 Å². The predicted molar refractivity (Wildman–Crippen MR) is 112 cm³/mol. The first kappa shape index (κ1) is 21.2. The maximum Gasteiger partial charge on any atom is 0.332 e. The fraction of sp³-hybridized carbons (Fsp3) is 0.227. The summed E-state index contributed by atoms with van der Waals surface area (Å²) in [6.45, 7) is 0.244. The minimum absolute atomic E-state index is 0.0240. The van der Waals surface area contributed by atoms with Gasteiger partial charge in [-0.25, -0.2) is 5.06 Å². The number of nitrogens with zero attached hydrogens (tertiary/aromatic N) is 1. The van der Waals surface area contributed by atoms with Crippen molar-refractivity contribution in [3.05, 3.63) is 83.9 Å². The second kappa shape index (κ2) is 9.33. The second-order valence-electron chi connectivity index (χ2n) is 6.86. The van der Waals surface area contributed by atoms with E-state index in [9.17, 15) is 19.1 Å². The van der Waals surface area contributed by atoms with E-state index < -0.39 is 13.3 Å². The molecule has 6 nitrogen and oxygen atoms in total. The zero-order chi connectivity index (χ0) is 20.9. The lowest BCUT2D eigenvalue weighted by atomic mass is 9.99. The summed E-state index contributed by atoms with van der Waals surface area (Å²) in [5, 5.41) is 2.81. The molecule has 0 bridgehead atoms. The van der Waals surface area contributed by atoms with Crippen LogP contribution in [-0.2, 0) is 20.8 Å². The topological polar surface area (TPSA) is 87.1 Å². The number of fused-ring (bicyclic) bond motifs is 1. The molecular formula is C22H24NO5P. The molecule has 0 heterocycles. The van der Waals surface area contributed by atoms with Crippen molar-refractivity contribution >= 4 is 24.3 Å². The molecule has 0 aliphatic rings. The van der Waals surface area contributed by atoms with Gasteiger partial charge in [0.1, 0.15) is 6.61 Å². The third-order valence-electron chi connectivity index (χ3n) is 4.84. The fourth-order valence-corrected chi connectivity index (χ4v) is 4.33. The molecule has 0 radical (unpaired) electrons. The molecule has 0 aliphatic heterocycles. The summed E-state index contributed by atoms with van der Waals surface area (Å²) in [4.78, 5) is 37.8. The van der Waals surface area contributed by atoms with Crippen LogP contribution in [0.15, 0.2) is 72.8 Å². The van der Waals surface area contributed by atoms with Crippen LogP contribution in [0, 0.1) is 0 Å². The highest BCUT2D eigenvalue weighted by Gasteiger charge is 2.32. The van der Waals surface area contributed by atoms with E-state index in [1.54, 1.807) is 12.1 Å². The molecule has 0 fully saturated rings. The molecule has 3 aromatic carbocycles. The monoisotopic (exact) mass is 413 g/mol. The lowest BCUT2D eigenvalue weighted by Gasteiger charge is -2.22. The average molecular weight is 413 g/mol. The number of hydrogen-bond acceptors (Lipinski definition) is 3. The van der Waals surface area contributed by atoms with Crippen LogP contribution in [0.4, 0.5) is 0 Å². The van der Waals surface area contributed by atoms with Crippen LogP contribution in [0.1, 0.15) is 29.6 Å². The van der Waals surface area contributed by atoms with E-state index in [-0.39, 0.29) is 25.4 Å². The molecule has 1 amide bonds. The van der Waals surface area contributed by atoms with E-state index in [4.69, 9.17) is 4.84 Å². The van der Waals surface area contributed by atoms with Crippen LogP contribution in [0.5, 0.6) is 0 Å².